The molecule has 0 aliphatic carbocycles. The quantitative estimate of drug-likeness (QED) is 0.364. The molecule has 24 heavy (non-hydrogen) atoms. The van der Waals surface area contributed by atoms with Gasteiger partial charge in [0.05, 0.1) is 5.69 Å². The Morgan fingerprint density at radius 3 is 2.17 bits per heavy atom. The number of hydrogen-bond acceptors (Lipinski definition) is 2. The summed E-state index contributed by atoms with van der Waals surface area (Å²) in [6, 6.07) is 15.9. The van der Waals surface area contributed by atoms with Gasteiger partial charge in [-0.25, -0.2) is 10.1 Å². The van der Waals surface area contributed by atoms with Crippen LogP contribution in [0.3, 0.4) is 0 Å². The van der Waals surface area contributed by atoms with Crippen molar-refractivity contribution in [3.63, 3.8) is 0 Å². The summed E-state index contributed by atoms with van der Waals surface area (Å²) < 4.78 is 0. The van der Waals surface area contributed by atoms with Gasteiger partial charge < -0.3 is 0 Å². The number of nitrogens with zero attached hydrogens (tertiary/aromatic N) is 2. The second kappa shape index (κ2) is 11.0. The van der Waals surface area contributed by atoms with Gasteiger partial charge in [-0.3, -0.25) is 5.21 Å². The number of aryl methyl sites for hydroxylation is 1. The van der Waals surface area contributed by atoms with Crippen LogP contribution in [0.25, 0.3) is 0 Å². The molecular formula is C18H22Cl2N2OZr. The first-order valence-corrected chi connectivity index (χ1v) is 13.9. The summed E-state index contributed by atoms with van der Waals surface area (Å²) in [6.45, 7) is 6.35. The molecule has 2 aromatic rings. The van der Waals surface area contributed by atoms with E-state index < -0.39 is 20.8 Å². The first-order chi connectivity index (χ1) is 11.4. The normalized spacial score (nSPS) is 10.9. The van der Waals surface area contributed by atoms with Crippen LogP contribution in [0, 0.1) is 6.92 Å². The summed E-state index contributed by atoms with van der Waals surface area (Å²) in [5.74, 6) is 0.927. The average molecular weight is 445 g/mol. The van der Waals surface area contributed by atoms with Gasteiger partial charge in [-0.15, -0.1) is 0 Å². The Morgan fingerprint density at radius 2 is 1.67 bits per heavy atom. The predicted octanol–water partition coefficient (Wildman–Crippen LogP) is 5.89. The van der Waals surface area contributed by atoms with E-state index in [1.54, 1.807) is 7.05 Å². The fourth-order valence-corrected chi connectivity index (χ4v) is 2.32. The molecule has 128 valence electrons. The molecular weight excluding hydrogens is 422 g/mol. The van der Waals surface area contributed by atoms with Gasteiger partial charge in [-0.2, -0.15) is 0 Å². The number of amidine groups is 1. The van der Waals surface area contributed by atoms with Gasteiger partial charge in [0.1, 0.15) is 0 Å². The average Bonchev–Trinajstić information content (AvgIpc) is 2.54. The molecule has 0 heterocycles. The van der Waals surface area contributed by atoms with Gasteiger partial charge in [0.15, 0.2) is 5.84 Å². The van der Waals surface area contributed by atoms with Gasteiger partial charge in [0.2, 0.25) is 0 Å². The van der Waals surface area contributed by atoms with E-state index in [2.05, 4.69) is 26.0 Å². The number of halogens is 2. The molecule has 2 aromatic carbocycles. The zero-order valence-electron chi connectivity index (χ0n) is 14.3. The third-order valence-electron chi connectivity index (χ3n) is 3.45. The molecule has 0 atom stereocenters. The van der Waals surface area contributed by atoms with E-state index in [9.17, 15) is 5.21 Å². The van der Waals surface area contributed by atoms with Crippen molar-refractivity contribution in [1.82, 2.24) is 5.06 Å². The van der Waals surface area contributed by atoms with E-state index in [1.165, 1.54) is 5.56 Å². The molecule has 0 spiro atoms. The maximum absolute atomic E-state index is 9.95. The molecule has 2 rings (SSSR count). The summed E-state index contributed by atoms with van der Waals surface area (Å²) in [4.78, 5) is 4.74. The van der Waals surface area contributed by atoms with Crippen molar-refractivity contribution in [2.24, 2.45) is 4.99 Å². The molecule has 0 aliphatic rings. The molecule has 6 heteroatoms. The summed E-state index contributed by atoms with van der Waals surface area (Å²) in [5, 5.41) is 11.0. The van der Waals surface area contributed by atoms with Crippen LogP contribution in [0.15, 0.2) is 53.5 Å². The Hall–Kier alpha value is -0.667. The molecule has 0 bridgehead atoms. The molecule has 0 amide bonds. The first-order valence-electron chi connectivity index (χ1n) is 7.54. The Balaban J connectivity index is 0.000000891. The van der Waals surface area contributed by atoms with E-state index in [0.29, 0.717) is 11.8 Å². The Morgan fingerprint density at radius 1 is 1.08 bits per heavy atom. The van der Waals surface area contributed by atoms with Crippen molar-refractivity contribution < 1.29 is 26.1 Å². The van der Waals surface area contributed by atoms with Gasteiger partial charge in [-0.1, -0.05) is 62.4 Å². The Labute approximate surface area is 162 Å². The second-order valence-electron chi connectivity index (χ2n) is 5.56. The van der Waals surface area contributed by atoms with Crippen molar-refractivity contribution in [2.45, 2.75) is 26.7 Å². The Bertz CT molecular complexity index is 661. The van der Waals surface area contributed by atoms with Gasteiger partial charge in [-0.05, 0) is 24.0 Å². The van der Waals surface area contributed by atoms with Crippen LogP contribution >= 0.6 is 17.0 Å². The third kappa shape index (κ3) is 6.33. The summed E-state index contributed by atoms with van der Waals surface area (Å²) in [6.07, 6.45) is 0. The number of hydroxylamine groups is 2. The SMILES string of the molecule is Cc1cccc(C(C)C)c1N=C(c1ccccc1)N(C)O.[Cl][Zr][Cl]. The minimum absolute atomic E-state index is 0.379. The fourth-order valence-electron chi connectivity index (χ4n) is 2.32. The standard InChI is InChI=1S/C18H22N2O.2ClH.Zr/c1-13(2)16-12-8-9-14(3)17(16)19-18(20(4)21)15-10-6-5-7-11-15;;;/h5-13,21H,1-4H3;2*1H;/q;;;+2/p-2. The van der Waals surface area contributed by atoms with E-state index in [4.69, 9.17) is 22.0 Å². The van der Waals surface area contributed by atoms with E-state index in [0.717, 1.165) is 21.9 Å². The number of hydrogen-bond donors (Lipinski definition) is 1. The topological polar surface area (TPSA) is 35.8 Å². The molecule has 0 aromatic heterocycles. The molecule has 0 aliphatic heterocycles. The van der Waals surface area contributed by atoms with E-state index >= 15 is 0 Å². The number of aliphatic imine (C=N–C) groups is 1. The van der Waals surface area contributed by atoms with Crippen LogP contribution in [0.5, 0.6) is 0 Å². The predicted molar refractivity (Wildman–Crippen MR) is 99.2 cm³/mol. The number of para-hydroxylation sites is 1. The van der Waals surface area contributed by atoms with Crippen LogP contribution in [0.1, 0.15) is 36.5 Å². The van der Waals surface area contributed by atoms with Gasteiger partial charge in [0.25, 0.3) is 0 Å². The zero-order chi connectivity index (χ0) is 18.1. The van der Waals surface area contributed by atoms with Crippen LogP contribution in [-0.2, 0) is 20.8 Å². The maximum atomic E-state index is 9.95. The van der Waals surface area contributed by atoms with E-state index in [-0.39, 0.29) is 0 Å². The van der Waals surface area contributed by atoms with Crippen molar-refractivity contribution >= 4 is 28.5 Å². The molecule has 0 unspecified atom stereocenters. The van der Waals surface area contributed by atoms with Crippen molar-refractivity contribution in [3.8, 4) is 0 Å². The monoisotopic (exact) mass is 442 g/mol. The number of rotatable bonds is 3. The molecule has 0 radical (unpaired) electrons. The number of benzene rings is 2. The summed E-state index contributed by atoms with van der Waals surface area (Å²) in [7, 11) is 11.5. The minimum atomic E-state index is -0.826. The molecule has 0 saturated heterocycles. The third-order valence-corrected chi connectivity index (χ3v) is 3.45. The summed E-state index contributed by atoms with van der Waals surface area (Å²) >= 11 is -0.826. The van der Waals surface area contributed by atoms with Crippen LogP contribution in [-0.4, -0.2) is 23.2 Å². The molecule has 0 saturated carbocycles. The van der Waals surface area contributed by atoms with Crippen molar-refractivity contribution in [2.75, 3.05) is 7.05 Å². The molecule has 3 nitrogen and oxygen atoms in total. The van der Waals surface area contributed by atoms with Gasteiger partial charge >= 0.3 is 37.9 Å². The van der Waals surface area contributed by atoms with Gasteiger partial charge in [0, 0.05) is 12.6 Å². The first kappa shape index (κ1) is 21.4. The fraction of sp³-hybridized carbons (Fsp3) is 0.278. The van der Waals surface area contributed by atoms with E-state index in [1.807, 2.05) is 43.3 Å². The van der Waals surface area contributed by atoms with Crippen molar-refractivity contribution in [1.29, 1.82) is 0 Å². The Kier molecular flexibility index (Phi) is 9.84. The van der Waals surface area contributed by atoms with Crippen molar-refractivity contribution in [3.05, 3.63) is 65.2 Å². The van der Waals surface area contributed by atoms with Crippen LogP contribution < -0.4 is 0 Å². The van der Waals surface area contributed by atoms with Crippen LogP contribution in [0.4, 0.5) is 5.69 Å². The second-order valence-corrected chi connectivity index (χ2v) is 9.30. The molecule has 1 N–H and O–H groups in total. The summed E-state index contributed by atoms with van der Waals surface area (Å²) in [5.41, 5.74) is 4.12. The molecule has 0 fully saturated rings. The van der Waals surface area contributed by atoms with Crippen LogP contribution in [0.2, 0.25) is 0 Å². The zero-order valence-corrected chi connectivity index (χ0v) is 18.3.